The Morgan fingerprint density at radius 2 is 1.70 bits per heavy atom. The molecule has 1 aliphatic heterocycles. The normalized spacial score (nSPS) is 15.0. The Labute approximate surface area is 201 Å². The Hall–Kier alpha value is -2.94. The van der Waals surface area contributed by atoms with Gasteiger partial charge in [0.1, 0.15) is 19.3 Å². The minimum atomic E-state index is -4.07. The fourth-order valence-electron chi connectivity index (χ4n) is 3.26. The second-order valence-electron chi connectivity index (χ2n) is 7.25. The average Bonchev–Trinajstić information content (AvgIpc) is 2.81. The summed E-state index contributed by atoms with van der Waals surface area (Å²) >= 11 is 12.0. The Morgan fingerprint density at radius 1 is 0.970 bits per heavy atom. The molecule has 0 fully saturated rings. The van der Waals surface area contributed by atoms with E-state index in [1.54, 1.807) is 30.3 Å². The number of nitrogens with zero attached hydrogens (tertiary/aromatic N) is 1. The molecular weight excluding hydrogens is 487 g/mol. The highest BCUT2D eigenvalue weighted by atomic mass is 35.5. The van der Waals surface area contributed by atoms with Gasteiger partial charge < -0.3 is 14.8 Å². The molecule has 0 aliphatic carbocycles. The number of carbonyl (C=O) groups is 1. The zero-order valence-corrected chi connectivity index (χ0v) is 19.6. The minimum absolute atomic E-state index is 0.000274. The molecule has 0 spiro atoms. The molecule has 1 heterocycles. The van der Waals surface area contributed by atoms with Crippen LogP contribution in [0.25, 0.3) is 0 Å². The molecule has 0 radical (unpaired) electrons. The van der Waals surface area contributed by atoms with Gasteiger partial charge >= 0.3 is 0 Å². The van der Waals surface area contributed by atoms with E-state index in [-0.39, 0.29) is 23.7 Å². The van der Waals surface area contributed by atoms with Crippen molar-refractivity contribution in [2.45, 2.75) is 11.0 Å². The monoisotopic (exact) mass is 506 g/mol. The van der Waals surface area contributed by atoms with Crippen molar-refractivity contribution in [2.24, 2.45) is 0 Å². The van der Waals surface area contributed by atoms with Gasteiger partial charge in [0.05, 0.1) is 17.1 Å². The van der Waals surface area contributed by atoms with Crippen molar-refractivity contribution < 1.29 is 22.7 Å². The first-order valence-corrected chi connectivity index (χ1v) is 12.2. The van der Waals surface area contributed by atoms with Crippen molar-refractivity contribution >= 4 is 44.8 Å². The third-order valence-electron chi connectivity index (χ3n) is 4.88. The Balaban J connectivity index is 1.49. The second kappa shape index (κ2) is 9.91. The van der Waals surface area contributed by atoms with Gasteiger partial charge in [0.15, 0.2) is 11.5 Å². The molecule has 3 aromatic carbocycles. The van der Waals surface area contributed by atoms with Crippen molar-refractivity contribution in [1.29, 1.82) is 0 Å². The number of amides is 1. The SMILES string of the molecule is O=C(CN(c1cccc(Cl)c1)S(=O)(=O)c1ccc(Cl)cc1)NC[C@@H]1COc2ccccc2O1. The van der Waals surface area contributed by atoms with E-state index in [4.69, 9.17) is 32.7 Å². The summed E-state index contributed by atoms with van der Waals surface area (Å²) < 4.78 is 39.2. The quantitative estimate of drug-likeness (QED) is 0.520. The molecule has 1 N–H and O–H groups in total. The number of rotatable bonds is 7. The highest BCUT2D eigenvalue weighted by Gasteiger charge is 2.28. The van der Waals surface area contributed by atoms with Crippen LogP contribution in [0, 0.1) is 0 Å². The summed E-state index contributed by atoms with van der Waals surface area (Å²) in [6, 6.07) is 19.3. The largest absolute Gasteiger partial charge is 0.486 e. The number of halogens is 2. The molecule has 10 heteroatoms. The first-order chi connectivity index (χ1) is 15.8. The lowest BCUT2D eigenvalue weighted by molar-refractivity contribution is -0.120. The predicted molar refractivity (Wildman–Crippen MR) is 127 cm³/mol. The number of anilines is 1. The van der Waals surface area contributed by atoms with Crippen molar-refractivity contribution in [3.63, 3.8) is 0 Å². The summed E-state index contributed by atoms with van der Waals surface area (Å²) in [5.41, 5.74) is 0.263. The third kappa shape index (κ3) is 5.52. The Kier molecular flexibility index (Phi) is 6.97. The van der Waals surface area contributed by atoms with Crippen LogP contribution in [0.15, 0.2) is 77.7 Å². The molecule has 0 bridgehead atoms. The summed E-state index contributed by atoms with van der Waals surface area (Å²) in [6.45, 7) is -0.0363. The molecule has 172 valence electrons. The lowest BCUT2D eigenvalue weighted by Crippen LogP contribution is -2.45. The molecule has 0 saturated heterocycles. The van der Waals surface area contributed by atoms with Gasteiger partial charge in [-0.05, 0) is 54.6 Å². The van der Waals surface area contributed by atoms with Crippen LogP contribution in [-0.4, -0.2) is 40.1 Å². The van der Waals surface area contributed by atoms with E-state index < -0.39 is 28.6 Å². The summed E-state index contributed by atoms with van der Waals surface area (Å²) in [5, 5.41) is 3.47. The van der Waals surface area contributed by atoms with Crippen LogP contribution < -0.4 is 19.1 Å². The van der Waals surface area contributed by atoms with E-state index in [0.717, 1.165) is 4.31 Å². The maximum absolute atomic E-state index is 13.3. The maximum Gasteiger partial charge on any atom is 0.264 e. The van der Waals surface area contributed by atoms with Crippen LogP contribution in [0.5, 0.6) is 11.5 Å². The van der Waals surface area contributed by atoms with Gasteiger partial charge in [-0.15, -0.1) is 0 Å². The molecule has 0 aromatic heterocycles. The zero-order chi connectivity index (χ0) is 23.4. The van der Waals surface area contributed by atoms with E-state index in [0.29, 0.717) is 21.5 Å². The minimum Gasteiger partial charge on any atom is -0.486 e. The molecule has 1 atom stereocenters. The average molecular weight is 507 g/mol. The van der Waals surface area contributed by atoms with Crippen molar-refractivity contribution in [1.82, 2.24) is 5.32 Å². The van der Waals surface area contributed by atoms with E-state index in [1.807, 2.05) is 12.1 Å². The molecule has 3 aromatic rings. The molecule has 7 nitrogen and oxygen atoms in total. The first-order valence-electron chi connectivity index (χ1n) is 10.0. The number of fused-ring (bicyclic) bond motifs is 1. The fourth-order valence-corrected chi connectivity index (χ4v) is 4.98. The van der Waals surface area contributed by atoms with Crippen LogP contribution in [0.2, 0.25) is 10.0 Å². The van der Waals surface area contributed by atoms with E-state index in [1.165, 1.54) is 30.3 Å². The van der Waals surface area contributed by atoms with Crippen molar-refractivity contribution in [2.75, 3.05) is 24.0 Å². The lowest BCUT2D eigenvalue weighted by Gasteiger charge is -2.27. The van der Waals surface area contributed by atoms with Crippen molar-refractivity contribution in [3.05, 3.63) is 82.8 Å². The maximum atomic E-state index is 13.3. The molecule has 1 aliphatic rings. The van der Waals surface area contributed by atoms with Gasteiger partial charge in [-0.3, -0.25) is 9.10 Å². The van der Waals surface area contributed by atoms with Crippen LogP contribution >= 0.6 is 23.2 Å². The van der Waals surface area contributed by atoms with Gasteiger partial charge in [-0.2, -0.15) is 0 Å². The van der Waals surface area contributed by atoms with E-state index in [9.17, 15) is 13.2 Å². The zero-order valence-electron chi connectivity index (χ0n) is 17.3. The number of hydrogen-bond acceptors (Lipinski definition) is 5. The summed E-state index contributed by atoms with van der Waals surface area (Å²) in [4.78, 5) is 12.8. The van der Waals surface area contributed by atoms with Crippen LogP contribution in [0.3, 0.4) is 0 Å². The highest BCUT2D eigenvalue weighted by molar-refractivity contribution is 7.92. The molecule has 4 rings (SSSR count). The highest BCUT2D eigenvalue weighted by Crippen LogP contribution is 2.31. The van der Waals surface area contributed by atoms with Gasteiger partial charge in [0.2, 0.25) is 5.91 Å². The summed E-state index contributed by atoms with van der Waals surface area (Å²) in [6.07, 6.45) is -0.406. The first kappa shape index (κ1) is 23.2. The second-order valence-corrected chi connectivity index (χ2v) is 9.98. The number of ether oxygens (including phenoxy) is 2. The standard InChI is InChI=1S/C23H20Cl2N2O5S/c24-16-8-10-20(11-9-16)33(29,30)27(18-5-3-4-17(25)12-18)14-23(28)26-13-19-15-31-21-6-1-2-7-22(21)32-19/h1-12,19H,13-15H2,(H,26,28)/t19-/m1/s1. The molecule has 0 unspecified atom stereocenters. The topological polar surface area (TPSA) is 84.9 Å². The Morgan fingerprint density at radius 3 is 2.42 bits per heavy atom. The number of para-hydroxylation sites is 2. The van der Waals surface area contributed by atoms with E-state index >= 15 is 0 Å². The molecular formula is C23H20Cl2N2O5S. The lowest BCUT2D eigenvalue weighted by atomic mass is 10.2. The molecule has 0 saturated carbocycles. The van der Waals surface area contributed by atoms with Crippen LogP contribution in [0.1, 0.15) is 0 Å². The third-order valence-corrected chi connectivity index (χ3v) is 7.15. The van der Waals surface area contributed by atoms with Gasteiger partial charge in [0, 0.05) is 10.0 Å². The fraction of sp³-hybridized carbons (Fsp3) is 0.174. The number of sulfonamides is 1. The number of benzene rings is 3. The van der Waals surface area contributed by atoms with Crippen LogP contribution in [-0.2, 0) is 14.8 Å². The molecule has 1 amide bonds. The summed E-state index contributed by atoms with van der Waals surface area (Å²) in [5.74, 6) is 0.727. The molecule has 33 heavy (non-hydrogen) atoms. The Bertz CT molecular complexity index is 1250. The van der Waals surface area contributed by atoms with Gasteiger partial charge in [0.25, 0.3) is 10.0 Å². The predicted octanol–water partition coefficient (Wildman–Crippen LogP) is 4.14. The van der Waals surface area contributed by atoms with E-state index in [2.05, 4.69) is 5.32 Å². The van der Waals surface area contributed by atoms with Crippen LogP contribution in [0.4, 0.5) is 5.69 Å². The van der Waals surface area contributed by atoms with Gasteiger partial charge in [-0.1, -0.05) is 41.4 Å². The number of hydrogen-bond donors (Lipinski definition) is 1. The number of carbonyl (C=O) groups excluding carboxylic acids is 1. The smallest absolute Gasteiger partial charge is 0.264 e. The van der Waals surface area contributed by atoms with Crippen molar-refractivity contribution in [3.8, 4) is 11.5 Å². The number of nitrogens with one attached hydrogen (secondary N) is 1. The van der Waals surface area contributed by atoms with Gasteiger partial charge in [-0.25, -0.2) is 8.42 Å². The summed E-state index contributed by atoms with van der Waals surface area (Å²) in [7, 11) is -4.07.